The molecule has 2 aromatic rings. The zero-order valence-corrected chi connectivity index (χ0v) is 20.8. The highest BCUT2D eigenvalue weighted by Gasteiger charge is 2.32. The highest BCUT2D eigenvalue weighted by Crippen LogP contribution is 2.29. The molecule has 0 radical (unpaired) electrons. The molecular weight excluding hydrogens is 475 g/mol. The summed E-state index contributed by atoms with van der Waals surface area (Å²) in [5.41, 5.74) is 8.30. The molecule has 0 saturated carbocycles. The highest BCUT2D eigenvalue weighted by atomic mass is 35.5. The van der Waals surface area contributed by atoms with E-state index in [1.54, 1.807) is 18.5 Å². The molecule has 182 valence electrons. The fraction of sp³-hybridized carbons (Fsp3) is 0.500. The fourth-order valence-electron chi connectivity index (χ4n) is 4.84. The second kappa shape index (κ2) is 11.3. The van der Waals surface area contributed by atoms with Crippen LogP contribution in [0.1, 0.15) is 36.8 Å². The molecule has 8 nitrogen and oxygen atoms in total. The Labute approximate surface area is 210 Å². The maximum Gasteiger partial charge on any atom is 0.225 e. The molecular formula is C24H30Cl2N6O2. The second-order valence-electron chi connectivity index (χ2n) is 8.92. The van der Waals surface area contributed by atoms with Gasteiger partial charge < -0.3 is 15.5 Å². The van der Waals surface area contributed by atoms with Crippen LogP contribution in [0.5, 0.6) is 0 Å². The lowest BCUT2D eigenvalue weighted by Crippen LogP contribution is -2.46. The minimum atomic E-state index is 0.0781. The minimum Gasteiger partial charge on any atom is -0.399 e. The van der Waals surface area contributed by atoms with Crippen LogP contribution < -0.4 is 5.73 Å². The minimum absolute atomic E-state index is 0.0781. The smallest absolute Gasteiger partial charge is 0.225 e. The Morgan fingerprint density at radius 1 is 1.03 bits per heavy atom. The number of carbonyl (C=O) groups is 1. The Morgan fingerprint density at radius 2 is 1.62 bits per heavy atom. The van der Waals surface area contributed by atoms with Crippen LogP contribution in [-0.2, 0) is 16.2 Å². The first-order valence-corrected chi connectivity index (χ1v) is 12.3. The normalized spacial score (nSPS) is 18.8. The van der Waals surface area contributed by atoms with E-state index in [-0.39, 0.29) is 23.7 Å². The molecule has 1 amide bonds. The molecule has 4 rings (SSSR count). The quantitative estimate of drug-likeness (QED) is 0.473. The van der Waals surface area contributed by atoms with Crippen molar-refractivity contribution in [3.8, 4) is 0 Å². The number of oxime groups is 1. The number of hydrogen-bond acceptors (Lipinski definition) is 7. The molecule has 0 unspecified atom stereocenters. The van der Waals surface area contributed by atoms with Gasteiger partial charge in [0.15, 0.2) is 0 Å². The Hall–Kier alpha value is -2.42. The number of amides is 1. The number of nitrogens with zero attached hydrogens (tertiary/aromatic N) is 5. The first-order valence-electron chi connectivity index (χ1n) is 11.6. The zero-order valence-electron chi connectivity index (χ0n) is 19.3. The van der Waals surface area contributed by atoms with Crippen LogP contribution in [0.15, 0.2) is 35.7 Å². The number of rotatable bonds is 6. The maximum atomic E-state index is 13.2. The third kappa shape index (κ3) is 6.17. The van der Waals surface area contributed by atoms with Gasteiger partial charge in [0.2, 0.25) is 11.9 Å². The average Bonchev–Trinajstić information content (AvgIpc) is 2.83. The number of piperidine rings is 2. The monoisotopic (exact) mass is 504 g/mol. The van der Waals surface area contributed by atoms with E-state index in [0.717, 1.165) is 62.2 Å². The molecule has 34 heavy (non-hydrogen) atoms. The summed E-state index contributed by atoms with van der Waals surface area (Å²) >= 11 is 12.4. The molecule has 2 saturated heterocycles. The van der Waals surface area contributed by atoms with Crippen molar-refractivity contribution >= 4 is 40.8 Å². The molecule has 0 bridgehead atoms. The first-order chi connectivity index (χ1) is 16.4. The highest BCUT2D eigenvalue weighted by molar-refractivity contribution is 6.35. The third-order valence-corrected chi connectivity index (χ3v) is 7.05. The number of benzene rings is 1. The predicted octanol–water partition coefficient (Wildman–Crippen LogP) is 3.87. The van der Waals surface area contributed by atoms with Gasteiger partial charge in [-0.25, -0.2) is 9.97 Å². The van der Waals surface area contributed by atoms with Gasteiger partial charge in [-0.3, -0.25) is 9.69 Å². The van der Waals surface area contributed by atoms with Crippen molar-refractivity contribution < 1.29 is 9.63 Å². The Balaban J connectivity index is 1.29. The van der Waals surface area contributed by atoms with E-state index >= 15 is 0 Å². The summed E-state index contributed by atoms with van der Waals surface area (Å²) < 4.78 is 0. The Kier molecular flexibility index (Phi) is 8.24. The standard InChI is InChI=1S/C24H30Cl2N6O2/c1-34-30-22(19-10-20(25)12-21(26)11-19)17-4-8-32(9-5-17)23(33)18-2-6-31(7-3-18)15-16-13-28-24(27)29-14-16/h10-14,17-18H,2-9,15H2,1H3,(H2,27,28,29). The van der Waals surface area contributed by atoms with E-state index in [4.69, 9.17) is 33.8 Å². The molecule has 1 aromatic carbocycles. The summed E-state index contributed by atoms with van der Waals surface area (Å²) in [6.07, 6.45) is 6.92. The van der Waals surface area contributed by atoms with Crippen LogP contribution in [-0.4, -0.2) is 64.7 Å². The summed E-state index contributed by atoms with van der Waals surface area (Å²) in [5, 5.41) is 5.41. The third-order valence-electron chi connectivity index (χ3n) is 6.61. The lowest BCUT2D eigenvalue weighted by atomic mass is 9.87. The summed E-state index contributed by atoms with van der Waals surface area (Å²) in [7, 11) is 1.54. The van der Waals surface area contributed by atoms with Crippen molar-refractivity contribution in [2.75, 3.05) is 39.0 Å². The van der Waals surface area contributed by atoms with Crippen LogP contribution in [0, 0.1) is 11.8 Å². The van der Waals surface area contributed by atoms with Gasteiger partial charge in [-0.05, 0) is 57.0 Å². The van der Waals surface area contributed by atoms with Gasteiger partial charge in [0.25, 0.3) is 0 Å². The number of nitrogen functional groups attached to an aromatic ring is 1. The van der Waals surface area contributed by atoms with Crippen molar-refractivity contribution in [2.45, 2.75) is 32.2 Å². The molecule has 0 aliphatic carbocycles. The van der Waals surface area contributed by atoms with Gasteiger partial charge in [0.05, 0.1) is 5.71 Å². The largest absolute Gasteiger partial charge is 0.399 e. The van der Waals surface area contributed by atoms with Crippen molar-refractivity contribution in [2.24, 2.45) is 17.0 Å². The van der Waals surface area contributed by atoms with Crippen LogP contribution in [0.4, 0.5) is 5.95 Å². The van der Waals surface area contributed by atoms with Crippen LogP contribution >= 0.6 is 23.2 Å². The van der Waals surface area contributed by atoms with Crippen LogP contribution in [0.3, 0.4) is 0 Å². The SMILES string of the molecule is CON=C(c1cc(Cl)cc(Cl)c1)C1CCN(C(=O)C2CCN(Cc3cnc(N)nc3)CC2)CC1. The van der Waals surface area contributed by atoms with E-state index in [1.807, 2.05) is 17.0 Å². The molecule has 0 spiro atoms. The summed E-state index contributed by atoms with van der Waals surface area (Å²) in [4.78, 5) is 30.8. The lowest BCUT2D eigenvalue weighted by molar-refractivity contribution is -0.138. The lowest BCUT2D eigenvalue weighted by Gasteiger charge is -2.37. The Bertz CT molecular complexity index is 996. The van der Waals surface area contributed by atoms with Crippen LogP contribution in [0.25, 0.3) is 0 Å². The molecule has 0 atom stereocenters. The van der Waals surface area contributed by atoms with Gasteiger partial charge in [0, 0.05) is 65.0 Å². The molecule has 1 aromatic heterocycles. The average molecular weight is 505 g/mol. The number of nitrogens with two attached hydrogens (primary N) is 1. The Morgan fingerprint density at radius 3 is 2.21 bits per heavy atom. The summed E-state index contributed by atoms with van der Waals surface area (Å²) in [6, 6.07) is 5.41. The van der Waals surface area contributed by atoms with Crippen LogP contribution in [0.2, 0.25) is 10.0 Å². The van der Waals surface area contributed by atoms with E-state index in [0.29, 0.717) is 23.1 Å². The van der Waals surface area contributed by atoms with Gasteiger partial charge in [-0.2, -0.15) is 0 Å². The summed E-state index contributed by atoms with van der Waals surface area (Å²) in [6.45, 7) is 3.98. The molecule has 2 aliphatic heterocycles. The maximum absolute atomic E-state index is 13.2. The van der Waals surface area contributed by atoms with E-state index in [2.05, 4.69) is 20.0 Å². The predicted molar refractivity (Wildman–Crippen MR) is 134 cm³/mol. The number of likely N-dealkylation sites (tertiary alicyclic amines) is 2. The fourth-order valence-corrected chi connectivity index (χ4v) is 5.36. The summed E-state index contributed by atoms with van der Waals surface area (Å²) in [5.74, 6) is 0.815. The van der Waals surface area contributed by atoms with E-state index in [9.17, 15) is 4.79 Å². The topological polar surface area (TPSA) is 96.9 Å². The van der Waals surface area contributed by atoms with Gasteiger partial charge >= 0.3 is 0 Å². The number of anilines is 1. The molecule has 2 N–H and O–H groups in total. The molecule has 2 aliphatic rings. The number of aromatic nitrogens is 2. The number of halogens is 2. The van der Waals surface area contributed by atoms with Gasteiger partial charge in [-0.1, -0.05) is 28.4 Å². The first kappa shape index (κ1) is 24.7. The van der Waals surface area contributed by atoms with Crippen molar-refractivity contribution in [1.82, 2.24) is 19.8 Å². The molecule has 3 heterocycles. The van der Waals surface area contributed by atoms with Crippen molar-refractivity contribution in [1.29, 1.82) is 0 Å². The molecule has 2 fully saturated rings. The molecule has 10 heteroatoms. The van der Waals surface area contributed by atoms with Gasteiger partial charge in [-0.15, -0.1) is 0 Å². The van der Waals surface area contributed by atoms with Crippen molar-refractivity contribution in [3.63, 3.8) is 0 Å². The zero-order chi connectivity index (χ0) is 24.1. The van der Waals surface area contributed by atoms with Crippen molar-refractivity contribution in [3.05, 3.63) is 51.8 Å². The van der Waals surface area contributed by atoms with Gasteiger partial charge in [0.1, 0.15) is 7.11 Å². The number of carbonyl (C=O) groups excluding carboxylic acids is 1. The van der Waals surface area contributed by atoms with E-state index < -0.39 is 0 Å². The van der Waals surface area contributed by atoms with E-state index in [1.165, 1.54) is 7.11 Å². The second-order valence-corrected chi connectivity index (χ2v) is 9.79. The number of hydrogen-bond donors (Lipinski definition) is 1.